The smallest absolute Gasteiger partial charge is 0.251 e. The van der Waals surface area contributed by atoms with E-state index in [-0.39, 0.29) is 11.9 Å². The van der Waals surface area contributed by atoms with E-state index in [2.05, 4.69) is 5.32 Å². The average Bonchev–Trinajstić information content (AvgIpc) is 2.55. The Morgan fingerprint density at radius 1 is 1.14 bits per heavy atom. The molecular formula is C17H20N2O2. The lowest BCUT2D eigenvalue weighted by molar-refractivity contribution is 0.0938. The van der Waals surface area contributed by atoms with Crippen molar-refractivity contribution in [2.45, 2.75) is 12.5 Å². The van der Waals surface area contributed by atoms with Crippen LogP contribution in [-0.2, 0) is 6.42 Å². The van der Waals surface area contributed by atoms with Crippen LogP contribution < -0.4 is 15.8 Å². The minimum Gasteiger partial charge on any atom is -0.497 e. The van der Waals surface area contributed by atoms with Crippen LogP contribution in [-0.4, -0.2) is 25.6 Å². The van der Waals surface area contributed by atoms with Gasteiger partial charge in [0.25, 0.3) is 5.91 Å². The molecule has 0 radical (unpaired) electrons. The summed E-state index contributed by atoms with van der Waals surface area (Å²) in [5, 5.41) is 2.96. The van der Waals surface area contributed by atoms with Gasteiger partial charge < -0.3 is 15.8 Å². The summed E-state index contributed by atoms with van der Waals surface area (Å²) in [4.78, 5) is 12.2. The molecule has 1 unspecified atom stereocenters. The third kappa shape index (κ3) is 4.33. The van der Waals surface area contributed by atoms with E-state index < -0.39 is 0 Å². The van der Waals surface area contributed by atoms with E-state index in [4.69, 9.17) is 10.5 Å². The molecule has 4 heteroatoms. The second kappa shape index (κ2) is 7.45. The zero-order valence-corrected chi connectivity index (χ0v) is 12.1. The van der Waals surface area contributed by atoms with Crippen molar-refractivity contribution in [3.05, 3.63) is 65.7 Å². The van der Waals surface area contributed by atoms with Crippen molar-refractivity contribution >= 4 is 5.91 Å². The van der Waals surface area contributed by atoms with Crippen molar-refractivity contribution in [2.24, 2.45) is 5.73 Å². The molecule has 2 aromatic carbocycles. The fourth-order valence-electron chi connectivity index (χ4n) is 2.10. The Morgan fingerprint density at radius 2 is 1.81 bits per heavy atom. The van der Waals surface area contributed by atoms with Gasteiger partial charge in [-0.3, -0.25) is 4.79 Å². The number of benzene rings is 2. The molecule has 0 aromatic heterocycles. The van der Waals surface area contributed by atoms with Crippen molar-refractivity contribution in [2.75, 3.05) is 13.7 Å². The molecule has 4 nitrogen and oxygen atoms in total. The molecule has 1 amide bonds. The van der Waals surface area contributed by atoms with Gasteiger partial charge in [-0.2, -0.15) is 0 Å². The van der Waals surface area contributed by atoms with E-state index in [0.717, 1.165) is 17.7 Å². The Labute approximate surface area is 124 Å². The second-order valence-electron chi connectivity index (χ2n) is 4.82. The Hall–Kier alpha value is -2.33. The number of nitrogens with one attached hydrogen (secondary N) is 1. The van der Waals surface area contributed by atoms with Crippen LogP contribution in [0.25, 0.3) is 0 Å². The first-order valence-electron chi connectivity index (χ1n) is 6.92. The zero-order valence-electron chi connectivity index (χ0n) is 12.1. The molecule has 0 bridgehead atoms. The van der Waals surface area contributed by atoms with Crippen molar-refractivity contribution < 1.29 is 9.53 Å². The molecule has 2 aromatic rings. The van der Waals surface area contributed by atoms with Crippen LogP contribution >= 0.6 is 0 Å². The van der Waals surface area contributed by atoms with Gasteiger partial charge in [0, 0.05) is 18.2 Å². The third-order valence-electron chi connectivity index (χ3n) is 3.30. The molecule has 110 valence electrons. The van der Waals surface area contributed by atoms with Gasteiger partial charge in [0.15, 0.2) is 0 Å². The highest BCUT2D eigenvalue weighted by atomic mass is 16.5. The van der Waals surface area contributed by atoms with Gasteiger partial charge in [-0.05, 0) is 36.2 Å². The van der Waals surface area contributed by atoms with E-state index in [1.54, 1.807) is 31.4 Å². The van der Waals surface area contributed by atoms with Crippen LogP contribution in [0.3, 0.4) is 0 Å². The number of carbonyl (C=O) groups is 1. The number of hydrogen-bond acceptors (Lipinski definition) is 3. The fraction of sp³-hybridized carbons (Fsp3) is 0.235. The number of carbonyl (C=O) groups excluding carboxylic acids is 1. The standard InChI is InChI=1S/C17H20N2O2/c1-21-16-9-7-14(8-10-16)17(20)19-15(12-18)11-13-5-3-2-4-6-13/h2-10,15H,11-12,18H2,1H3,(H,19,20). The highest BCUT2D eigenvalue weighted by molar-refractivity contribution is 5.94. The quantitative estimate of drug-likeness (QED) is 0.852. The van der Waals surface area contributed by atoms with Crippen molar-refractivity contribution in [3.8, 4) is 5.75 Å². The lowest BCUT2D eigenvalue weighted by Gasteiger charge is -2.17. The number of methoxy groups -OCH3 is 1. The van der Waals surface area contributed by atoms with Gasteiger partial charge in [0.05, 0.1) is 7.11 Å². The van der Waals surface area contributed by atoms with E-state index in [1.807, 2.05) is 30.3 Å². The molecular weight excluding hydrogens is 264 g/mol. The summed E-state index contributed by atoms with van der Waals surface area (Å²) in [6.45, 7) is 0.400. The summed E-state index contributed by atoms with van der Waals surface area (Å²) in [5.41, 5.74) is 7.51. The average molecular weight is 284 g/mol. The summed E-state index contributed by atoms with van der Waals surface area (Å²) in [6, 6.07) is 16.9. The highest BCUT2D eigenvalue weighted by Crippen LogP contribution is 2.11. The minimum absolute atomic E-state index is 0.0815. The third-order valence-corrected chi connectivity index (χ3v) is 3.30. The highest BCUT2D eigenvalue weighted by Gasteiger charge is 2.13. The van der Waals surface area contributed by atoms with E-state index in [0.29, 0.717) is 12.1 Å². The predicted molar refractivity (Wildman–Crippen MR) is 83.4 cm³/mol. The summed E-state index contributed by atoms with van der Waals surface area (Å²) in [7, 11) is 1.60. The summed E-state index contributed by atoms with van der Waals surface area (Å²) < 4.78 is 5.08. The lowest BCUT2D eigenvalue weighted by atomic mass is 10.1. The van der Waals surface area contributed by atoms with Crippen LogP contribution in [0.2, 0.25) is 0 Å². The molecule has 0 heterocycles. The Bertz CT molecular complexity index is 567. The van der Waals surface area contributed by atoms with Crippen LogP contribution in [0, 0.1) is 0 Å². The molecule has 0 spiro atoms. The number of amides is 1. The maximum Gasteiger partial charge on any atom is 0.251 e. The monoisotopic (exact) mass is 284 g/mol. The first-order valence-corrected chi connectivity index (χ1v) is 6.92. The summed E-state index contributed by atoms with van der Waals surface area (Å²) >= 11 is 0. The summed E-state index contributed by atoms with van der Waals surface area (Å²) in [5.74, 6) is 0.607. The molecule has 0 aliphatic carbocycles. The van der Waals surface area contributed by atoms with Gasteiger partial charge in [0.1, 0.15) is 5.75 Å². The summed E-state index contributed by atoms with van der Waals surface area (Å²) in [6.07, 6.45) is 0.721. The predicted octanol–water partition coefficient (Wildman–Crippen LogP) is 1.99. The van der Waals surface area contributed by atoms with Crippen LogP contribution in [0.4, 0.5) is 0 Å². The number of hydrogen-bond donors (Lipinski definition) is 2. The van der Waals surface area contributed by atoms with Crippen LogP contribution in [0.1, 0.15) is 15.9 Å². The van der Waals surface area contributed by atoms with E-state index in [9.17, 15) is 4.79 Å². The van der Waals surface area contributed by atoms with Crippen LogP contribution in [0.15, 0.2) is 54.6 Å². The Balaban J connectivity index is 1.98. The number of rotatable bonds is 6. The first kappa shape index (κ1) is 15.1. The van der Waals surface area contributed by atoms with Crippen molar-refractivity contribution in [3.63, 3.8) is 0 Å². The molecule has 1 atom stereocenters. The van der Waals surface area contributed by atoms with Crippen LogP contribution in [0.5, 0.6) is 5.75 Å². The van der Waals surface area contributed by atoms with Crippen molar-refractivity contribution in [1.29, 1.82) is 0 Å². The Kier molecular flexibility index (Phi) is 5.35. The number of ether oxygens (including phenoxy) is 1. The van der Waals surface area contributed by atoms with Gasteiger partial charge in [0.2, 0.25) is 0 Å². The maximum atomic E-state index is 12.2. The lowest BCUT2D eigenvalue weighted by Crippen LogP contribution is -2.41. The molecule has 0 fully saturated rings. The minimum atomic E-state index is -0.121. The molecule has 0 aliphatic heterocycles. The largest absolute Gasteiger partial charge is 0.497 e. The SMILES string of the molecule is COc1ccc(C(=O)NC(CN)Cc2ccccc2)cc1. The molecule has 0 saturated heterocycles. The molecule has 0 saturated carbocycles. The number of nitrogens with two attached hydrogens (primary N) is 1. The zero-order chi connectivity index (χ0) is 15.1. The van der Waals surface area contributed by atoms with Gasteiger partial charge in [-0.25, -0.2) is 0 Å². The molecule has 21 heavy (non-hydrogen) atoms. The Morgan fingerprint density at radius 3 is 2.38 bits per heavy atom. The van der Waals surface area contributed by atoms with Gasteiger partial charge in [-0.1, -0.05) is 30.3 Å². The van der Waals surface area contributed by atoms with E-state index >= 15 is 0 Å². The maximum absolute atomic E-state index is 12.2. The second-order valence-corrected chi connectivity index (χ2v) is 4.82. The van der Waals surface area contributed by atoms with Gasteiger partial charge in [-0.15, -0.1) is 0 Å². The normalized spacial score (nSPS) is 11.7. The first-order chi connectivity index (χ1) is 10.2. The molecule has 0 aliphatic rings. The molecule has 3 N–H and O–H groups in total. The van der Waals surface area contributed by atoms with Crippen molar-refractivity contribution in [1.82, 2.24) is 5.32 Å². The van der Waals surface area contributed by atoms with E-state index in [1.165, 1.54) is 0 Å². The molecule has 2 rings (SSSR count). The topological polar surface area (TPSA) is 64.3 Å². The van der Waals surface area contributed by atoms with Gasteiger partial charge >= 0.3 is 0 Å². The fourth-order valence-corrected chi connectivity index (χ4v) is 2.10.